The van der Waals surface area contributed by atoms with Crippen LogP contribution in [0.4, 0.5) is 0 Å². The highest BCUT2D eigenvalue weighted by molar-refractivity contribution is 5.98. The predicted octanol–water partition coefficient (Wildman–Crippen LogP) is -3.31. The van der Waals surface area contributed by atoms with E-state index in [1.807, 2.05) is 0 Å². The topological polar surface area (TPSA) is 412 Å². The van der Waals surface area contributed by atoms with Gasteiger partial charge in [-0.1, -0.05) is 77.8 Å². The second kappa shape index (κ2) is 31.5. The fourth-order valence-electron chi connectivity index (χ4n) is 10.1. The van der Waals surface area contributed by atoms with Crippen LogP contribution in [0.1, 0.15) is 132 Å². The van der Waals surface area contributed by atoms with Gasteiger partial charge in [0.15, 0.2) is 0 Å². The largest absolute Gasteiger partial charge is 0.508 e. The first-order chi connectivity index (χ1) is 37.2. The zero-order valence-corrected chi connectivity index (χ0v) is 44.8. The second-order valence-corrected chi connectivity index (χ2v) is 21.1. The van der Waals surface area contributed by atoms with Gasteiger partial charge in [-0.25, -0.2) is 0 Å². The third-order valence-corrected chi connectivity index (χ3v) is 14.8. The van der Waals surface area contributed by atoms with Crippen LogP contribution in [-0.4, -0.2) is 204 Å². The number of aliphatic hydroxyl groups excluding tert-OH is 7. The summed E-state index contributed by atoms with van der Waals surface area (Å²) in [4.78, 5) is 102. The van der Waals surface area contributed by atoms with Crippen molar-refractivity contribution in [3.63, 3.8) is 0 Å². The number of benzene rings is 1. The van der Waals surface area contributed by atoms with Gasteiger partial charge in [0, 0.05) is 48.2 Å². The monoisotopic (exact) mass is 1090 g/mol. The van der Waals surface area contributed by atoms with Crippen LogP contribution in [0.3, 0.4) is 0 Å². The number of fused-ring (bicyclic) bond motifs is 2. The van der Waals surface area contributed by atoms with E-state index in [4.69, 9.17) is 14.2 Å². The van der Waals surface area contributed by atoms with E-state index in [-0.39, 0.29) is 37.2 Å². The molecule has 3 saturated heterocycles. The van der Waals surface area contributed by atoms with Crippen molar-refractivity contribution in [1.29, 1.82) is 0 Å². The molecule has 436 valence electrons. The van der Waals surface area contributed by atoms with E-state index < -0.39 is 165 Å². The molecule has 0 radical (unpaired) electrons. The number of nitrogens with two attached hydrogens (primary N) is 2. The number of unbranched alkanes of at least 4 members (excludes halogenated alkanes) is 5. The van der Waals surface area contributed by atoms with Crippen molar-refractivity contribution < 1.29 is 77.2 Å². The zero-order chi connectivity index (χ0) is 58.9. The number of amides is 7. The molecule has 25 nitrogen and oxygen atoms in total. The van der Waals surface area contributed by atoms with E-state index in [1.54, 1.807) is 0 Å². The van der Waals surface area contributed by atoms with Crippen LogP contribution >= 0.6 is 0 Å². The molecular formula is C52H88N10O15. The van der Waals surface area contributed by atoms with Crippen LogP contribution in [0, 0.1) is 11.8 Å². The van der Waals surface area contributed by atoms with Gasteiger partial charge in [0.25, 0.3) is 0 Å². The van der Waals surface area contributed by atoms with Crippen LogP contribution < -0.4 is 43.4 Å². The van der Waals surface area contributed by atoms with Crippen molar-refractivity contribution >= 4 is 41.4 Å². The van der Waals surface area contributed by atoms with Gasteiger partial charge >= 0.3 is 0 Å². The summed E-state index contributed by atoms with van der Waals surface area (Å²) in [5.41, 5.74) is 11.3. The van der Waals surface area contributed by atoms with Gasteiger partial charge in [-0.05, 0) is 68.6 Å². The predicted molar refractivity (Wildman–Crippen MR) is 280 cm³/mol. The second-order valence-electron chi connectivity index (χ2n) is 21.1. The van der Waals surface area contributed by atoms with Crippen LogP contribution in [0.2, 0.25) is 0 Å². The quantitative estimate of drug-likeness (QED) is 0.0477. The Morgan fingerprint density at radius 2 is 1.38 bits per heavy atom. The Kier molecular flexibility index (Phi) is 25.0. The number of hydrogen-bond donors (Lipinski definition) is 16. The molecule has 4 rings (SSSR count). The highest BCUT2D eigenvalue weighted by atomic mass is 16.3. The van der Waals surface area contributed by atoms with Gasteiger partial charge in [0.2, 0.25) is 41.4 Å². The van der Waals surface area contributed by atoms with E-state index in [0.717, 1.165) is 67.4 Å². The van der Waals surface area contributed by atoms with E-state index in [1.165, 1.54) is 18.6 Å². The smallest absolute Gasteiger partial charge is 0.248 e. The minimum atomic E-state index is -2.71. The molecule has 7 amide bonds. The van der Waals surface area contributed by atoms with E-state index in [0.29, 0.717) is 24.7 Å². The Balaban J connectivity index is 1.76. The Morgan fingerprint density at radius 1 is 0.753 bits per heavy atom. The molecule has 18 N–H and O–H groups in total. The summed E-state index contributed by atoms with van der Waals surface area (Å²) in [5, 5.41) is 104. The first-order valence-corrected chi connectivity index (χ1v) is 27.1. The third kappa shape index (κ3) is 18.8. The molecule has 1 aromatic rings. The standard InChI is InChI=1S/C52H88N10O15/c1-5-28(2)24-29(3)12-10-8-6-7-9-11-13-39(69)56-34-26-38(68)46(55-22-21-54)60-50(75)43-37(67)19-23-61(43)52(77)41(36(66)18-20-53)58-49(74)42(45(71)44(70)31-14-16-32(64)17-15-31)59-48(73)35-25-33(65)27-62(35)51(76)40(30(4)63)57-47(34)72/h14-17,28-30,33-38,40-46,55,63-68,70-71H,5-13,18-27,53-54H2,1-4H3,(H,56,69)(H,57,72)(H,58,74)(H,59,73)(H,60,75)/t28?,29?,30-,33-,34+,35+,36-,37+,38-,40+,41+,42+,43+,44+,45+,46+/m1/s1/i20D2. The number of rotatable bonds is 23. The fourth-order valence-corrected chi connectivity index (χ4v) is 10.1. The molecule has 3 aliphatic heterocycles. The first-order valence-electron chi connectivity index (χ1n) is 28.1. The van der Waals surface area contributed by atoms with Crippen molar-refractivity contribution in [2.45, 2.75) is 203 Å². The molecule has 0 bridgehead atoms. The first kappa shape index (κ1) is 61.1. The number of nitrogens with one attached hydrogen (secondary N) is 6. The molecule has 16 atom stereocenters. The van der Waals surface area contributed by atoms with Crippen molar-refractivity contribution in [2.75, 3.05) is 32.7 Å². The highest BCUT2D eigenvalue weighted by Crippen LogP contribution is 2.27. The van der Waals surface area contributed by atoms with E-state index in [9.17, 15) is 74.4 Å². The number of aromatic hydroxyl groups is 1. The van der Waals surface area contributed by atoms with Crippen molar-refractivity contribution in [3.05, 3.63) is 29.8 Å². The lowest BCUT2D eigenvalue weighted by molar-refractivity contribution is -0.148. The Labute approximate surface area is 453 Å². The number of nitrogens with zero attached hydrogens (tertiary/aromatic N) is 2. The van der Waals surface area contributed by atoms with E-state index >= 15 is 0 Å². The number of carbonyl (C=O) groups is 7. The number of phenolic OH excluding ortho intramolecular Hbond substituents is 1. The molecule has 3 fully saturated rings. The minimum Gasteiger partial charge on any atom is -0.508 e. The maximum Gasteiger partial charge on any atom is 0.248 e. The fraction of sp³-hybridized carbons (Fsp3) is 0.750. The number of aliphatic hydroxyl groups is 7. The van der Waals surface area contributed by atoms with Gasteiger partial charge in [0.05, 0.1) is 30.5 Å². The van der Waals surface area contributed by atoms with Gasteiger partial charge in [0.1, 0.15) is 60.4 Å². The Morgan fingerprint density at radius 3 is 2.01 bits per heavy atom. The Bertz CT molecular complexity index is 2160. The molecule has 0 aromatic heterocycles. The average molecular weight is 1100 g/mol. The summed E-state index contributed by atoms with van der Waals surface area (Å²) in [7, 11) is 0. The van der Waals surface area contributed by atoms with Crippen LogP contribution in [-0.2, 0) is 33.6 Å². The normalized spacial score (nSPS) is 29.2. The van der Waals surface area contributed by atoms with E-state index in [2.05, 4.69) is 52.7 Å². The maximum atomic E-state index is 14.7. The number of hydrogen-bond acceptors (Lipinski definition) is 18. The molecule has 0 aliphatic carbocycles. The van der Waals surface area contributed by atoms with Crippen molar-refractivity contribution in [2.24, 2.45) is 23.3 Å². The SMILES string of the molecule is [2H]C([2H])(N)C[C@@H](O)[C@@H]1NC(=O)[C@H]([C@H](O)[C@@H](O)c2ccc(O)cc2)NC(=O)[C@@H]2C[C@@H](O)CN2C(=O)[C@H]([C@@H](C)O)NC(=O)[C@@H](NC(=O)CCCCCCCCC(C)CC(C)CC)C[C@@H](O)[C@@H](NCCN)NC(=O)[C@@H]2[C@@H](O)CCN2C1=O. The van der Waals surface area contributed by atoms with Gasteiger partial charge in [-0.15, -0.1) is 0 Å². The van der Waals surface area contributed by atoms with Crippen LogP contribution in [0.25, 0.3) is 0 Å². The summed E-state index contributed by atoms with van der Waals surface area (Å²) in [6, 6.07) is -7.17. The molecule has 3 aliphatic rings. The molecule has 25 heteroatoms. The maximum absolute atomic E-state index is 14.7. The molecule has 77 heavy (non-hydrogen) atoms. The molecule has 0 spiro atoms. The molecular weight excluding hydrogens is 1000 g/mol. The number of phenols is 1. The van der Waals surface area contributed by atoms with Gasteiger partial charge in [-0.3, -0.25) is 38.9 Å². The summed E-state index contributed by atoms with van der Waals surface area (Å²) >= 11 is 0. The minimum absolute atomic E-state index is 0.0490. The lowest BCUT2D eigenvalue weighted by atomic mass is 9.91. The summed E-state index contributed by atoms with van der Waals surface area (Å²) in [6.07, 6.45) is -8.83. The summed E-state index contributed by atoms with van der Waals surface area (Å²) in [5.74, 6) is -7.02. The van der Waals surface area contributed by atoms with Gasteiger partial charge < -0.3 is 88.7 Å². The van der Waals surface area contributed by atoms with Crippen molar-refractivity contribution in [3.8, 4) is 5.75 Å². The van der Waals surface area contributed by atoms with Crippen LogP contribution in [0.15, 0.2) is 24.3 Å². The zero-order valence-electron chi connectivity index (χ0n) is 46.8. The summed E-state index contributed by atoms with van der Waals surface area (Å²) in [6.45, 7) is 3.99. The highest BCUT2D eigenvalue weighted by Gasteiger charge is 2.49. The lowest BCUT2D eigenvalue weighted by Gasteiger charge is -2.35. The molecule has 0 saturated carbocycles. The lowest BCUT2D eigenvalue weighted by Crippen LogP contribution is -2.65. The van der Waals surface area contributed by atoms with Gasteiger partial charge in [-0.2, -0.15) is 0 Å². The van der Waals surface area contributed by atoms with Crippen LogP contribution in [0.5, 0.6) is 5.75 Å². The number of carbonyl (C=O) groups excluding carboxylic acids is 7. The summed E-state index contributed by atoms with van der Waals surface area (Å²) < 4.78 is 15.9. The molecule has 3 heterocycles. The Hall–Kier alpha value is -5.09. The third-order valence-electron chi connectivity index (χ3n) is 14.8. The molecule has 1 aromatic carbocycles. The van der Waals surface area contributed by atoms with Crippen molar-refractivity contribution in [1.82, 2.24) is 41.7 Å². The molecule has 2 unspecified atom stereocenters. The average Bonchev–Trinajstić information content (AvgIpc) is 4.04.